The second-order valence-electron chi connectivity index (χ2n) is 7.24. The van der Waals surface area contributed by atoms with Gasteiger partial charge in [-0.1, -0.05) is 28.9 Å². The molecule has 0 aliphatic carbocycles. The summed E-state index contributed by atoms with van der Waals surface area (Å²) >= 11 is 6.21. The molecule has 0 spiro atoms. The van der Waals surface area contributed by atoms with E-state index >= 15 is 0 Å². The molecule has 0 amide bonds. The Labute approximate surface area is 170 Å². The minimum Gasteiger partial charge on any atom is -0.333 e. The fourth-order valence-corrected chi connectivity index (χ4v) is 4.04. The van der Waals surface area contributed by atoms with Crippen LogP contribution in [-0.4, -0.2) is 37.8 Å². The summed E-state index contributed by atoms with van der Waals surface area (Å²) in [7, 11) is 0. The number of fused-ring (bicyclic) bond motifs is 1. The van der Waals surface area contributed by atoms with Crippen LogP contribution in [-0.2, 0) is 0 Å². The standard InChI is InChI=1S/C20H19ClN6O2/c1-11-13(3-2-4-15(11)21)18-25-20(29-26-18)14-10-23-27-16(9-17(28)24-19(14)27)12-5-7-22-8-6-12/h2-4,9-10,12,22H,5-8H2,1H3,(H,24,28). The number of rotatable bonds is 3. The zero-order valence-electron chi connectivity index (χ0n) is 15.8. The zero-order valence-corrected chi connectivity index (χ0v) is 16.5. The Kier molecular flexibility index (Phi) is 4.44. The molecule has 1 aliphatic heterocycles. The molecule has 4 aromatic rings. The van der Waals surface area contributed by atoms with E-state index in [2.05, 4.69) is 25.5 Å². The van der Waals surface area contributed by atoms with Crippen molar-refractivity contribution in [2.24, 2.45) is 0 Å². The van der Waals surface area contributed by atoms with Crippen LogP contribution < -0.4 is 10.9 Å². The Balaban J connectivity index is 1.60. The van der Waals surface area contributed by atoms with Gasteiger partial charge in [0.15, 0.2) is 0 Å². The SMILES string of the molecule is Cc1c(Cl)cccc1-c1noc(-c2cnn3c(C4CCNCC4)cc(=O)[nH]c23)n1. The predicted octanol–water partition coefficient (Wildman–Crippen LogP) is 3.17. The van der Waals surface area contributed by atoms with Gasteiger partial charge in [0.1, 0.15) is 11.2 Å². The van der Waals surface area contributed by atoms with Crippen molar-refractivity contribution in [3.8, 4) is 22.8 Å². The molecule has 1 fully saturated rings. The number of hydrogen-bond acceptors (Lipinski definition) is 6. The van der Waals surface area contributed by atoms with Gasteiger partial charge in [0.05, 0.1) is 11.9 Å². The predicted molar refractivity (Wildman–Crippen MR) is 109 cm³/mol. The lowest BCUT2D eigenvalue weighted by Crippen LogP contribution is -2.28. The largest absolute Gasteiger partial charge is 0.333 e. The molecule has 148 valence electrons. The average Bonchev–Trinajstić information content (AvgIpc) is 3.37. The number of H-pyrrole nitrogens is 1. The highest BCUT2D eigenvalue weighted by atomic mass is 35.5. The van der Waals surface area contributed by atoms with Crippen molar-refractivity contribution >= 4 is 17.2 Å². The molecule has 0 saturated carbocycles. The summed E-state index contributed by atoms with van der Waals surface area (Å²) in [5, 5.41) is 12.6. The Morgan fingerprint density at radius 1 is 1.24 bits per heavy atom. The van der Waals surface area contributed by atoms with Crippen molar-refractivity contribution in [2.45, 2.75) is 25.7 Å². The van der Waals surface area contributed by atoms with Crippen molar-refractivity contribution in [1.29, 1.82) is 0 Å². The molecule has 0 bridgehead atoms. The first kappa shape index (κ1) is 18.1. The first-order valence-corrected chi connectivity index (χ1v) is 9.91. The van der Waals surface area contributed by atoms with Gasteiger partial charge in [0, 0.05) is 22.6 Å². The van der Waals surface area contributed by atoms with Crippen molar-refractivity contribution in [1.82, 2.24) is 30.1 Å². The maximum Gasteiger partial charge on any atom is 0.263 e. The van der Waals surface area contributed by atoms with Gasteiger partial charge in [-0.25, -0.2) is 4.52 Å². The van der Waals surface area contributed by atoms with Gasteiger partial charge in [0.25, 0.3) is 11.4 Å². The van der Waals surface area contributed by atoms with Gasteiger partial charge < -0.3 is 14.8 Å². The van der Waals surface area contributed by atoms with E-state index in [4.69, 9.17) is 16.1 Å². The minimum atomic E-state index is -0.168. The van der Waals surface area contributed by atoms with Gasteiger partial charge in [-0.3, -0.25) is 4.79 Å². The Morgan fingerprint density at radius 2 is 2.07 bits per heavy atom. The van der Waals surface area contributed by atoms with Gasteiger partial charge in [-0.2, -0.15) is 10.1 Å². The molecule has 8 nitrogen and oxygen atoms in total. The van der Waals surface area contributed by atoms with Crippen LogP contribution in [0.1, 0.15) is 30.0 Å². The number of nitrogens with one attached hydrogen (secondary N) is 2. The number of hydrogen-bond donors (Lipinski definition) is 2. The summed E-state index contributed by atoms with van der Waals surface area (Å²) in [6.45, 7) is 3.77. The van der Waals surface area contributed by atoms with E-state index in [1.54, 1.807) is 16.8 Å². The monoisotopic (exact) mass is 410 g/mol. The Morgan fingerprint density at radius 3 is 2.90 bits per heavy atom. The van der Waals surface area contributed by atoms with Gasteiger partial charge in [-0.15, -0.1) is 0 Å². The lowest BCUT2D eigenvalue weighted by Gasteiger charge is -2.23. The first-order chi connectivity index (χ1) is 14.1. The number of benzene rings is 1. The van der Waals surface area contributed by atoms with Crippen LogP contribution in [0.5, 0.6) is 0 Å². The highest BCUT2D eigenvalue weighted by Crippen LogP contribution is 2.30. The van der Waals surface area contributed by atoms with E-state index in [0.717, 1.165) is 42.8 Å². The molecule has 0 unspecified atom stereocenters. The molecule has 2 N–H and O–H groups in total. The second kappa shape index (κ2) is 7.13. The number of aromatic amines is 1. The number of nitrogens with zero attached hydrogens (tertiary/aromatic N) is 4. The quantitative estimate of drug-likeness (QED) is 0.538. The van der Waals surface area contributed by atoms with Crippen LogP contribution in [0, 0.1) is 6.92 Å². The summed E-state index contributed by atoms with van der Waals surface area (Å²) in [6.07, 6.45) is 3.58. The van der Waals surface area contributed by atoms with Gasteiger partial charge in [-0.05, 0) is 44.5 Å². The van der Waals surface area contributed by atoms with Crippen molar-refractivity contribution in [3.63, 3.8) is 0 Å². The summed E-state index contributed by atoms with van der Waals surface area (Å²) < 4.78 is 7.28. The third-order valence-electron chi connectivity index (χ3n) is 5.46. The lowest BCUT2D eigenvalue weighted by atomic mass is 9.94. The van der Waals surface area contributed by atoms with Gasteiger partial charge >= 0.3 is 0 Å². The van der Waals surface area contributed by atoms with Crippen molar-refractivity contribution in [2.75, 3.05) is 13.1 Å². The summed E-state index contributed by atoms with van der Waals surface area (Å²) in [5.74, 6) is 1.02. The summed E-state index contributed by atoms with van der Waals surface area (Å²) in [6, 6.07) is 7.19. The van der Waals surface area contributed by atoms with Crippen LogP contribution in [0.3, 0.4) is 0 Å². The molecule has 0 atom stereocenters. The molecule has 3 aromatic heterocycles. The van der Waals surface area contributed by atoms with E-state index in [1.165, 1.54) is 0 Å². The van der Waals surface area contributed by atoms with Crippen molar-refractivity contribution in [3.05, 3.63) is 57.1 Å². The number of aromatic nitrogens is 5. The maximum atomic E-state index is 12.3. The summed E-state index contributed by atoms with van der Waals surface area (Å²) in [4.78, 5) is 19.7. The molecular weight excluding hydrogens is 392 g/mol. The normalized spacial score (nSPS) is 15.2. The van der Waals surface area contributed by atoms with Crippen LogP contribution in [0.25, 0.3) is 28.5 Å². The van der Waals surface area contributed by atoms with Crippen LogP contribution >= 0.6 is 11.6 Å². The van der Waals surface area contributed by atoms with E-state index in [-0.39, 0.29) is 11.5 Å². The molecule has 4 heterocycles. The number of piperidine rings is 1. The second-order valence-corrected chi connectivity index (χ2v) is 7.64. The van der Waals surface area contributed by atoms with Gasteiger partial charge in [0.2, 0.25) is 5.82 Å². The third-order valence-corrected chi connectivity index (χ3v) is 5.87. The molecule has 1 saturated heterocycles. The lowest BCUT2D eigenvalue weighted by molar-refractivity contribution is 0.432. The maximum absolute atomic E-state index is 12.3. The van der Waals surface area contributed by atoms with Crippen LogP contribution in [0.15, 0.2) is 39.8 Å². The van der Waals surface area contributed by atoms with E-state index in [1.807, 2.05) is 25.1 Å². The van der Waals surface area contributed by atoms with E-state index in [9.17, 15) is 4.79 Å². The Bertz CT molecular complexity index is 1250. The first-order valence-electron chi connectivity index (χ1n) is 9.53. The molecule has 29 heavy (non-hydrogen) atoms. The molecule has 1 aromatic carbocycles. The molecule has 9 heteroatoms. The average molecular weight is 411 g/mol. The third kappa shape index (κ3) is 3.14. The zero-order chi connectivity index (χ0) is 20.0. The fraction of sp³-hybridized carbons (Fsp3) is 0.300. The fourth-order valence-electron chi connectivity index (χ4n) is 3.87. The smallest absolute Gasteiger partial charge is 0.263 e. The molecular formula is C20H19ClN6O2. The van der Waals surface area contributed by atoms with E-state index < -0.39 is 0 Å². The summed E-state index contributed by atoms with van der Waals surface area (Å²) in [5.41, 5.74) is 3.57. The number of halogens is 1. The van der Waals surface area contributed by atoms with E-state index in [0.29, 0.717) is 27.9 Å². The Hall–Kier alpha value is -2.97. The topological polar surface area (TPSA) is 101 Å². The van der Waals surface area contributed by atoms with Crippen LogP contribution in [0.4, 0.5) is 0 Å². The molecule has 5 rings (SSSR count). The van der Waals surface area contributed by atoms with Crippen molar-refractivity contribution < 1.29 is 4.52 Å². The minimum absolute atomic E-state index is 0.168. The molecule has 0 radical (unpaired) electrons. The highest BCUT2D eigenvalue weighted by molar-refractivity contribution is 6.31. The molecule has 1 aliphatic rings. The highest BCUT2D eigenvalue weighted by Gasteiger charge is 2.23. The van der Waals surface area contributed by atoms with Crippen LogP contribution in [0.2, 0.25) is 5.02 Å².